The molecule has 0 radical (unpaired) electrons. The molecule has 0 saturated carbocycles. The molecular formula is C20H16ClN3O3S. The van der Waals surface area contributed by atoms with Gasteiger partial charge in [-0.2, -0.15) is 0 Å². The molecule has 2 aromatic heterocycles. The van der Waals surface area contributed by atoms with Crippen molar-refractivity contribution in [3.63, 3.8) is 0 Å². The van der Waals surface area contributed by atoms with Gasteiger partial charge in [0.2, 0.25) is 5.91 Å². The van der Waals surface area contributed by atoms with Crippen molar-refractivity contribution in [2.75, 3.05) is 11.1 Å². The number of furan rings is 1. The molecule has 28 heavy (non-hydrogen) atoms. The molecule has 1 N–H and O–H groups in total. The maximum absolute atomic E-state index is 12.1. The van der Waals surface area contributed by atoms with Gasteiger partial charge in [0.25, 0.3) is 5.89 Å². The highest BCUT2D eigenvalue weighted by Gasteiger charge is 2.15. The number of nitrogens with one attached hydrogen (secondary N) is 1. The van der Waals surface area contributed by atoms with Gasteiger partial charge in [-0.05, 0) is 48.6 Å². The summed E-state index contributed by atoms with van der Waals surface area (Å²) in [6, 6.07) is 17.1. The predicted molar refractivity (Wildman–Crippen MR) is 110 cm³/mol. The van der Waals surface area contributed by atoms with Crippen LogP contribution in [0.4, 0.5) is 6.01 Å². The van der Waals surface area contributed by atoms with Crippen molar-refractivity contribution in [1.82, 2.24) is 10.2 Å². The molecule has 0 bridgehead atoms. The molecule has 4 aromatic rings. The second kappa shape index (κ2) is 8.50. The Morgan fingerprint density at radius 1 is 1.07 bits per heavy atom. The van der Waals surface area contributed by atoms with Crippen molar-refractivity contribution < 1.29 is 13.6 Å². The Kier molecular flexibility index (Phi) is 5.64. The molecular weight excluding hydrogens is 398 g/mol. The molecule has 0 spiro atoms. The van der Waals surface area contributed by atoms with Crippen LogP contribution in [0.2, 0.25) is 5.02 Å². The van der Waals surface area contributed by atoms with E-state index in [0.29, 0.717) is 17.2 Å². The Labute approximate surface area is 170 Å². The summed E-state index contributed by atoms with van der Waals surface area (Å²) in [5, 5.41) is 12.1. The Morgan fingerprint density at radius 3 is 2.71 bits per heavy atom. The summed E-state index contributed by atoms with van der Waals surface area (Å²) < 4.78 is 11.2. The van der Waals surface area contributed by atoms with Gasteiger partial charge < -0.3 is 8.83 Å². The highest BCUT2D eigenvalue weighted by atomic mass is 35.5. The maximum atomic E-state index is 12.1. The lowest BCUT2D eigenvalue weighted by atomic mass is 10.2. The Morgan fingerprint density at radius 2 is 1.89 bits per heavy atom. The van der Waals surface area contributed by atoms with Crippen molar-refractivity contribution in [3.05, 3.63) is 59.6 Å². The summed E-state index contributed by atoms with van der Waals surface area (Å²) in [6.45, 7) is 0. The monoisotopic (exact) mass is 413 g/mol. The number of nitrogens with zero attached hydrogens (tertiary/aromatic N) is 2. The Hall–Kier alpha value is -2.77. The molecule has 0 unspecified atom stereocenters. The third-order valence-electron chi connectivity index (χ3n) is 3.94. The smallest absolute Gasteiger partial charge is 0.322 e. The SMILES string of the molecule is O=C(CCCSc1ccc(Cl)cc1)Nc1nnc(-c2cc3ccccc3o2)o1. The van der Waals surface area contributed by atoms with Crippen LogP contribution in [0.5, 0.6) is 0 Å². The first kappa shape index (κ1) is 18.6. The number of fused-ring (bicyclic) bond motifs is 1. The normalized spacial score (nSPS) is 11.0. The molecule has 8 heteroatoms. The van der Waals surface area contributed by atoms with Gasteiger partial charge >= 0.3 is 6.01 Å². The van der Waals surface area contributed by atoms with Crippen LogP contribution in [0.15, 0.2) is 68.3 Å². The molecule has 4 rings (SSSR count). The molecule has 6 nitrogen and oxygen atoms in total. The molecule has 2 aromatic carbocycles. The summed E-state index contributed by atoms with van der Waals surface area (Å²) in [7, 11) is 0. The topological polar surface area (TPSA) is 81.2 Å². The third kappa shape index (κ3) is 4.55. The Bertz CT molecular complexity index is 1060. The quantitative estimate of drug-likeness (QED) is 0.311. The standard InChI is InChI=1S/C20H16ClN3O3S/c21-14-7-9-15(10-8-14)28-11-3-6-18(25)22-20-24-23-19(27-20)17-12-13-4-1-2-5-16(13)26-17/h1-2,4-5,7-10,12H,3,6,11H2,(H,22,24,25). The zero-order valence-corrected chi connectivity index (χ0v) is 16.3. The van der Waals surface area contributed by atoms with Crippen LogP contribution in [0.25, 0.3) is 22.6 Å². The van der Waals surface area contributed by atoms with E-state index < -0.39 is 0 Å². The number of hydrogen-bond acceptors (Lipinski definition) is 6. The van der Waals surface area contributed by atoms with E-state index in [-0.39, 0.29) is 17.8 Å². The molecule has 2 heterocycles. The van der Waals surface area contributed by atoms with Crippen LogP contribution in [-0.4, -0.2) is 21.9 Å². The van der Waals surface area contributed by atoms with Crippen molar-refractivity contribution in [2.24, 2.45) is 0 Å². The van der Waals surface area contributed by atoms with E-state index in [1.165, 1.54) is 0 Å². The van der Waals surface area contributed by atoms with E-state index in [9.17, 15) is 4.79 Å². The van der Waals surface area contributed by atoms with Crippen LogP contribution < -0.4 is 5.32 Å². The minimum Gasteiger partial charge on any atom is -0.451 e. The molecule has 0 aliphatic heterocycles. The average Bonchev–Trinajstić information content (AvgIpc) is 3.33. The lowest BCUT2D eigenvalue weighted by molar-refractivity contribution is -0.116. The van der Waals surface area contributed by atoms with Gasteiger partial charge in [-0.25, -0.2) is 0 Å². The summed E-state index contributed by atoms with van der Waals surface area (Å²) in [5.74, 6) is 1.35. The number of carbonyl (C=O) groups is 1. The maximum Gasteiger partial charge on any atom is 0.322 e. The molecule has 0 aliphatic rings. The summed E-state index contributed by atoms with van der Waals surface area (Å²) in [5.41, 5.74) is 0.736. The Balaban J connectivity index is 1.27. The number of anilines is 1. The predicted octanol–water partition coefficient (Wildman–Crippen LogP) is 5.65. The number of aromatic nitrogens is 2. The van der Waals surface area contributed by atoms with Crippen LogP contribution in [0.3, 0.4) is 0 Å². The third-order valence-corrected chi connectivity index (χ3v) is 5.29. The van der Waals surface area contributed by atoms with Crippen LogP contribution >= 0.6 is 23.4 Å². The number of thioether (sulfide) groups is 1. The van der Waals surface area contributed by atoms with E-state index in [4.69, 9.17) is 20.4 Å². The van der Waals surface area contributed by atoms with Gasteiger partial charge in [-0.15, -0.1) is 16.9 Å². The van der Waals surface area contributed by atoms with E-state index in [1.807, 2.05) is 54.6 Å². The van der Waals surface area contributed by atoms with Crippen molar-refractivity contribution in [2.45, 2.75) is 17.7 Å². The highest BCUT2D eigenvalue weighted by Crippen LogP contribution is 2.27. The fourth-order valence-corrected chi connectivity index (χ4v) is 3.57. The van der Waals surface area contributed by atoms with E-state index >= 15 is 0 Å². The van der Waals surface area contributed by atoms with Crippen molar-refractivity contribution in [3.8, 4) is 11.7 Å². The average molecular weight is 414 g/mol. The number of hydrogen-bond donors (Lipinski definition) is 1. The number of para-hydroxylation sites is 1. The largest absolute Gasteiger partial charge is 0.451 e. The van der Waals surface area contributed by atoms with Crippen LogP contribution in [0, 0.1) is 0 Å². The van der Waals surface area contributed by atoms with Gasteiger partial charge in [0.1, 0.15) is 5.58 Å². The lowest BCUT2D eigenvalue weighted by Gasteiger charge is -2.02. The number of halogens is 1. The van der Waals surface area contributed by atoms with E-state index in [1.54, 1.807) is 11.8 Å². The van der Waals surface area contributed by atoms with E-state index in [2.05, 4.69) is 15.5 Å². The second-order valence-corrected chi connectivity index (χ2v) is 7.62. The van der Waals surface area contributed by atoms with E-state index in [0.717, 1.165) is 28.0 Å². The van der Waals surface area contributed by atoms with Crippen molar-refractivity contribution in [1.29, 1.82) is 0 Å². The van der Waals surface area contributed by atoms with Gasteiger partial charge in [0.15, 0.2) is 5.76 Å². The fraction of sp³-hybridized carbons (Fsp3) is 0.150. The first-order valence-electron chi connectivity index (χ1n) is 8.68. The molecule has 142 valence electrons. The number of rotatable bonds is 7. The zero-order valence-electron chi connectivity index (χ0n) is 14.7. The molecule has 1 amide bonds. The van der Waals surface area contributed by atoms with Gasteiger partial charge in [-0.3, -0.25) is 10.1 Å². The van der Waals surface area contributed by atoms with Crippen LogP contribution in [-0.2, 0) is 4.79 Å². The van der Waals surface area contributed by atoms with Crippen molar-refractivity contribution >= 4 is 46.3 Å². The number of benzene rings is 2. The fourth-order valence-electron chi connectivity index (χ4n) is 2.60. The minimum atomic E-state index is -0.170. The summed E-state index contributed by atoms with van der Waals surface area (Å²) in [6.07, 6.45) is 1.09. The first-order chi connectivity index (χ1) is 13.7. The van der Waals surface area contributed by atoms with Gasteiger partial charge in [0, 0.05) is 21.7 Å². The molecule has 0 saturated heterocycles. The van der Waals surface area contributed by atoms with Gasteiger partial charge in [0.05, 0.1) is 0 Å². The second-order valence-electron chi connectivity index (χ2n) is 6.01. The van der Waals surface area contributed by atoms with Gasteiger partial charge in [-0.1, -0.05) is 34.9 Å². The highest BCUT2D eigenvalue weighted by molar-refractivity contribution is 7.99. The molecule has 0 fully saturated rings. The zero-order chi connectivity index (χ0) is 19.3. The number of carbonyl (C=O) groups excluding carboxylic acids is 1. The number of amides is 1. The molecule has 0 aliphatic carbocycles. The lowest BCUT2D eigenvalue weighted by Crippen LogP contribution is -2.11. The summed E-state index contributed by atoms with van der Waals surface area (Å²) in [4.78, 5) is 13.2. The molecule has 0 atom stereocenters. The minimum absolute atomic E-state index is 0.0609. The summed E-state index contributed by atoms with van der Waals surface area (Å²) >= 11 is 7.54. The van der Waals surface area contributed by atoms with Crippen LogP contribution in [0.1, 0.15) is 12.8 Å². The first-order valence-corrected chi connectivity index (χ1v) is 10.0.